The molecule has 146 valence electrons. The lowest BCUT2D eigenvalue weighted by atomic mass is 10.2. The van der Waals surface area contributed by atoms with E-state index in [0.717, 1.165) is 16.9 Å². The molecule has 0 fully saturated rings. The van der Waals surface area contributed by atoms with Crippen molar-refractivity contribution in [1.82, 2.24) is 9.55 Å². The molecule has 29 heavy (non-hydrogen) atoms. The molecule has 1 heterocycles. The minimum absolute atomic E-state index is 0.0481. The van der Waals surface area contributed by atoms with E-state index >= 15 is 0 Å². The molecular formula is C23H19ClN2O2S. The molecule has 4 aromatic rings. The van der Waals surface area contributed by atoms with Crippen molar-refractivity contribution >= 4 is 34.3 Å². The third kappa shape index (κ3) is 4.31. The number of fused-ring (bicyclic) bond motifs is 1. The molecule has 0 radical (unpaired) electrons. The molecule has 6 heteroatoms. The zero-order valence-electron chi connectivity index (χ0n) is 15.8. The molecule has 0 amide bonds. The number of nitrogens with zero attached hydrogens (tertiary/aromatic N) is 2. The SMILES string of the molecule is COc1ccc(Cn2c(SCc3ccccc3Cl)nc3ccccc3c2=O)cc1. The van der Waals surface area contributed by atoms with Gasteiger partial charge in [-0.3, -0.25) is 9.36 Å². The summed E-state index contributed by atoms with van der Waals surface area (Å²) in [6.07, 6.45) is 0. The Hall–Kier alpha value is -2.76. The number of halogens is 1. The molecule has 0 bridgehead atoms. The first-order valence-electron chi connectivity index (χ1n) is 9.14. The van der Waals surface area contributed by atoms with Crippen molar-refractivity contribution in [3.05, 3.63) is 99.3 Å². The first-order valence-corrected chi connectivity index (χ1v) is 10.5. The van der Waals surface area contributed by atoms with Crippen LogP contribution in [0.5, 0.6) is 5.75 Å². The van der Waals surface area contributed by atoms with E-state index in [0.29, 0.717) is 33.4 Å². The lowest BCUT2D eigenvalue weighted by molar-refractivity contribution is 0.414. The van der Waals surface area contributed by atoms with Gasteiger partial charge in [0.05, 0.1) is 24.6 Å². The average Bonchev–Trinajstić information content (AvgIpc) is 2.76. The number of methoxy groups -OCH3 is 1. The predicted molar refractivity (Wildman–Crippen MR) is 119 cm³/mol. The van der Waals surface area contributed by atoms with Gasteiger partial charge in [-0.1, -0.05) is 65.8 Å². The second-order valence-electron chi connectivity index (χ2n) is 6.53. The summed E-state index contributed by atoms with van der Waals surface area (Å²) >= 11 is 7.81. The van der Waals surface area contributed by atoms with Crippen LogP contribution in [0.25, 0.3) is 10.9 Å². The number of benzene rings is 3. The largest absolute Gasteiger partial charge is 0.497 e. The van der Waals surface area contributed by atoms with Crippen LogP contribution in [0, 0.1) is 0 Å². The number of rotatable bonds is 6. The maximum Gasteiger partial charge on any atom is 0.262 e. The summed E-state index contributed by atoms with van der Waals surface area (Å²) in [7, 11) is 1.64. The minimum Gasteiger partial charge on any atom is -0.497 e. The van der Waals surface area contributed by atoms with Gasteiger partial charge in [0.15, 0.2) is 5.16 Å². The van der Waals surface area contributed by atoms with Crippen LogP contribution in [0.1, 0.15) is 11.1 Å². The smallest absolute Gasteiger partial charge is 0.262 e. The fourth-order valence-corrected chi connectivity index (χ4v) is 4.35. The van der Waals surface area contributed by atoms with Gasteiger partial charge in [-0.2, -0.15) is 0 Å². The van der Waals surface area contributed by atoms with Crippen molar-refractivity contribution < 1.29 is 4.74 Å². The van der Waals surface area contributed by atoms with E-state index < -0.39 is 0 Å². The zero-order chi connectivity index (χ0) is 20.2. The summed E-state index contributed by atoms with van der Waals surface area (Å²) in [6, 6.07) is 22.9. The Morgan fingerprint density at radius 2 is 1.72 bits per heavy atom. The normalized spacial score (nSPS) is 11.0. The Morgan fingerprint density at radius 1 is 1.00 bits per heavy atom. The monoisotopic (exact) mass is 422 g/mol. The van der Waals surface area contributed by atoms with E-state index in [9.17, 15) is 4.79 Å². The second kappa shape index (κ2) is 8.72. The van der Waals surface area contributed by atoms with Gasteiger partial charge in [-0.25, -0.2) is 4.98 Å². The van der Waals surface area contributed by atoms with Gasteiger partial charge < -0.3 is 4.74 Å². The number of para-hydroxylation sites is 1. The summed E-state index contributed by atoms with van der Waals surface area (Å²) in [5.74, 6) is 1.42. The lowest BCUT2D eigenvalue weighted by Gasteiger charge is -2.14. The van der Waals surface area contributed by atoms with Crippen LogP contribution < -0.4 is 10.3 Å². The number of hydrogen-bond donors (Lipinski definition) is 0. The molecule has 0 unspecified atom stereocenters. The van der Waals surface area contributed by atoms with E-state index in [4.69, 9.17) is 21.3 Å². The maximum absolute atomic E-state index is 13.2. The van der Waals surface area contributed by atoms with E-state index in [-0.39, 0.29) is 5.56 Å². The van der Waals surface area contributed by atoms with Gasteiger partial charge in [0.2, 0.25) is 0 Å². The standard InChI is InChI=1S/C23H19ClN2O2S/c1-28-18-12-10-16(11-13-18)14-26-22(27)19-7-3-5-9-21(19)25-23(26)29-15-17-6-2-4-8-20(17)24/h2-13H,14-15H2,1H3. The zero-order valence-corrected chi connectivity index (χ0v) is 17.4. The third-order valence-corrected chi connectivity index (χ3v) is 6.03. The van der Waals surface area contributed by atoms with Crippen LogP contribution in [0.2, 0.25) is 5.02 Å². The minimum atomic E-state index is -0.0481. The molecule has 3 aromatic carbocycles. The van der Waals surface area contributed by atoms with E-state index in [1.165, 1.54) is 11.8 Å². The van der Waals surface area contributed by atoms with Crippen LogP contribution in [0.4, 0.5) is 0 Å². The van der Waals surface area contributed by atoms with E-state index in [2.05, 4.69) is 0 Å². The van der Waals surface area contributed by atoms with Crippen molar-refractivity contribution in [2.75, 3.05) is 7.11 Å². The molecule has 0 aliphatic heterocycles. The fourth-order valence-electron chi connectivity index (χ4n) is 3.07. The van der Waals surface area contributed by atoms with Crippen molar-refractivity contribution in [3.63, 3.8) is 0 Å². The fraction of sp³-hybridized carbons (Fsp3) is 0.130. The van der Waals surface area contributed by atoms with Crippen LogP contribution in [-0.2, 0) is 12.3 Å². The molecule has 0 saturated carbocycles. The van der Waals surface area contributed by atoms with Crippen LogP contribution in [0.15, 0.2) is 82.7 Å². The molecule has 0 aliphatic rings. The highest BCUT2D eigenvalue weighted by molar-refractivity contribution is 7.98. The highest BCUT2D eigenvalue weighted by Crippen LogP contribution is 2.26. The van der Waals surface area contributed by atoms with Crippen molar-refractivity contribution in [1.29, 1.82) is 0 Å². The van der Waals surface area contributed by atoms with Crippen molar-refractivity contribution in [2.24, 2.45) is 0 Å². The first-order chi connectivity index (χ1) is 14.2. The van der Waals surface area contributed by atoms with Gasteiger partial charge in [0, 0.05) is 10.8 Å². The summed E-state index contributed by atoms with van der Waals surface area (Å²) in [6.45, 7) is 0.436. The number of ether oxygens (including phenoxy) is 1. The predicted octanol–water partition coefficient (Wildman–Crippen LogP) is 5.40. The lowest BCUT2D eigenvalue weighted by Crippen LogP contribution is -2.24. The molecule has 4 nitrogen and oxygen atoms in total. The highest BCUT2D eigenvalue weighted by atomic mass is 35.5. The quantitative estimate of drug-likeness (QED) is 0.308. The molecule has 4 rings (SSSR count). The Bertz CT molecular complexity index is 1210. The van der Waals surface area contributed by atoms with Gasteiger partial charge in [0.25, 0.3) is 5.56 Å². The molecule has 0 spiro atoms. The summed E-state index contributed by atoms with van der Waals surface area (Å²) in [4.78, 5) is 18.0. The average molecular weight is 423 g/mol. The topological polar surface area (TPSA) is 44.1 Å². The number of thioether (sulfide) groups is 1. The molecule has 0 N–H and O–H groups in total. The van der Waals surface area contributed by atoms with Gasteiger partial charge in [0.1, 0.15) is 5.75 Å². The Labute approximate surface area is 178 Å². The van der Waals surface area contributed by atoms with Crippen LogP contribution >= 0.6 is 23.4 Å². The van der Waals surface area contributed by atoms with E-state index in [1.807, 2.05) is 72.8 Å². The molecule has 0 atom stereocenters. The first kappa shape index (κ1) is 19.6. The van der Waals surface area contributed by atoms with Crippen LogP contribution in [-0.4, -0.2) is 16.7 Å². The number of hydrogen-bond acceptors (Lipinski definition) is 4. The van der Waals surface area contributed by atoms with E-state index in [1.54, 1.807) is 11.7 Å². The maximum atomic E-state index is 13.2. The summed E-state index contributed by atoms with van der Waals surface area (Å²) in [5.41, 5.74) is 2.67. The molecule has 0 aliphatic carbocycles. The molecular weight excluding hydrogens is 404 g/mol. The third-order valence-electron chi connectivity index (χ3n) is 4.64. The van der Waals surface area contributed by atoms with Gasteiger partial charge >= 0.3 is 0 Å². The Kier molecular flexibility index (Phi) is 5.88. The molecule has 0 saturated heterocycles. The van der Waals surface area contributed by atoms with Crippen LogP contribution in [0.3, 0.4) is 0 Å². The Morgan fingerprint density at radius 3 is 2.48 bits per heavy atom. The Balaban J connectivity index is 1.73. The second-order valence-corrected chi connectivity index (χ2v) is 7.88. The van der Waals surface area contributed by atoms with Gasteiger partial charge in [-0.05, 0) is 41.5 Å². The highest BCUT2D eigenvalue weighted by Gasteiger charge is 2.13. The number of aromatic nitrogens is 2. The molecule has 1 aromatic heterocycles. The van der Waals surface area contributed by atoms with Gasteiger partial charge in [-0.15, -0.1) is 0 Å². The summed E-state index contributed by atoms with van der Waals surface area (Å²) < 4.78 is 6.95. The summed E-state index contributed by atoms with van der Waals surface area (Å²) in [5, 5.41) is 2.00. The van der Waals surface area contributed by atoms with Crippen molar-refractivity contribution in [2.45, 2.75) is 17.5 Å². The van der Waals surface area contributed by atoms with Crippen molar-refractivity contribution in [3.8, 4) is 5.75 Å².